The van der Waals surface area contributed by atoms with E-state index < -0.39 is 5.82 Å². The molecule has 0 aliphatic heterocycles. The quantitative estimate of drug-likeness (QED) is 0.705. The molecule has 0 saturated heterocycles. The van der Waals surface area contributed by atoms with Crippen LogP contribution < -0.4 is 10.1 Å². The zero-order chi connectivity index (χ0) is 16.9. The summed E-state index contributed by atoms with van der Waals surface area (Å²) in [6, 6.07) is 8.06. The standard InChI is InChI=1S/C17H13FN2O3S/c1-22-15-6-4-11(9-13(15)18)14-10-24-17(19-14)20-16(21)7-5-12-3-2-8-23-12/h2-10H,1H3,(H,19,20,21)/b7-5+. The normalized spacial score (nSPS) is 10.9. The molecule has 1 amide bonds. The Morgan fingerprint density at radius 2 is 2.29 bits per heavy atom. The van der Waals surface area contributed by atoms with E-state index in [9.17, 15) is 9.18 Å². The summed E-state index contributed by atoms with van der Waals surface area (Å²) in [5.74, 6) is -0.0348. The van der Waals surface area contributed by atoms with Crippen LogP contribution in [-0.2, 0) is 4.79 Å². The number of ether oxygens (including phenoxy) is 1. The van der Waals surface area contributed by atoms with Crippen molar-refractivity contribution in [3.63, 3.8) is 0 Å². The Morgan fingerprint density at radius 1 is 1.42 bits per heavy atom. The molecule has 7 heteroatoms. The van der Waals surface area contributed by atoms with Gasteiger partial charge in [-0.15, -0.1) is 11.3 Å². The Labute approximate surface area is 141 Å². The Morgan fingerprint density at radius 3 is 3.00 bits per heavy atom. The number of carbonyl (C=O) groups excluding carboxylic acids is 1. The molecule has 1 N–H and O–H groups in total. The van der Waals surface area contributed by atoms with Crippen LogP contribution in [0.3, 0.4) is 0 Å². The minimum atomic E-state index is -0.463. The third-order valence-electron chi connectivity index (χ3n) is 3.12. The number of rotatable bonds is 5. The van der Waals surface area contributed by atoms with Gasteiger partial charge in [0, 0.05) is 17.0 Å². The number of nitrogens with one attached hydrogen (secondary N) is 1. The van der Waals surface area contributed by atoms with Crippen molar-refractivity contribution in [1.82, 2.24) is 4.98 Å². The van der Waals surface area contributed by atoms with E-state index in [2.05, 4.69) is 10.3 Å². The molecule has 0 aliphatic carbocycles. The van der Waals surface area contributed by atoms with Crippen LogP contribution in [0.1, 0.15) is 5.76 Å². The topological polar surface area (TPSA) is 64.4 Å². The zero-order valence-electron chi connectivity index (χ0n) is 12.7. The largest absolute Gasteiger partial charge is 0.494 e. The summed E-state index contributed by atoms with van der Waals surface area (Å²) in [5.41, 5.74) is 1.18. The number of methoxy groups -OCH3 is 1. The van der Waals surface area contributed by atoms with Crippen LogP contribution in [0.2, 0.25) is 0 Å². The monoisotopic (exact) mass is 344 g/mol. The highest BCUT2D eigenvalue weighted by Gasteiger charge is 2.09. The molecule has 0 saturated carbocycles. The average molecular weight is 344 g/mol. The Hall–Kier alpha value is -2.93. The van der Waals surface area contributed by atoms with Gasteiger partial charge in [-0.05, 0) is 36.4 Å². The Kier molecular flexibility index (Phi) is 4.72. The first-order chi connectivity index (χ1) is 11.7. The SMILES string of the molecule is COc1ccc(-c2csc(NC(=O)/C=C/c3ccco3)n2)cc1F. The van der Waals surface area contributed by atoms with Crippen LogP contribution in [0.4, 0.5) is 9.52 Å². The van der Waals surface area contributed by atoms with Gasteiger partial charge in [-0.3, -0.25) is 10.1 Å². The molecule has 0 spiro atoms. The van der Waals surface area contributed by atoms with Crippen LogP contribution >= 0.6 is 11.3 Å². The van der Waals surface area contributed by atoms with Crippen LogP contribution in [0.25, 0.3) is 17.3 Å². The first kappa shape index (κ1) is 15.9. The predicted molar refractivity (Wildman–Crippen MR) is 90.4 cm³/mol. The molecule has 0 fully saturated rings. The first-order valence-electron chi connectivity index (χ1n) is 6.98. The predicted octanol–water partition coefficient (Wildman–Crippen LogP) is 4.20. The van der Waals surface area contributed by atoms with Gasteiger partial charge in [-0.2, -0.15) is 0 Å². The molecule has 3 rings (SSSR count). The van der Waals surface area contributed by atoms with Crippen molar-refractivity contribution in [1.29, 1.82) is 0 Å². The number of furan rings is 1. The fourth-order valence-corrected chi connectivity index (χ4v) is 2.70. The molecule has 2 heterocycles. The van der Waals surface area contributed by atoms with E-state index in [1.165, 1.54) is 42.9 Å². The Balaban J connectivity index is 1.69. The van der Waals surface area contributed by atoms with E-state index in [1.54, 1.807) is 29.7 Å². The molecule has 0 unspecified atom stereocenters. The van der Waals surface area contributed by atoms with Gasteiger partial charge in [0.05, 0.1) is 19.1 Å². The maximum absolute atomic E-state index is 13.8. The fraction of sp³-hybridized carbons (Fsp3) is 0.0588. The van der Waals surface area contributed by atoms with E-state index in [0.717, 1.165) is 0 Å². The number of benzene rings is 1. The summed E-state index contributed by atoms with van der Waals surface area (Å²) in [6.07, 6.45) is 4.44. The number of amides is 1. The lowest BCUT2D eigenvalue weighted by molar-refractivity contribution is -0.111. The van der Waals surface area contributed by atoms with Gasteiger partial charge in [-0.25, -0.2) is 9.37 Å². The lowest BCUT2D eigenvalue weighted by Gasteiger charge is -2.03. The van der Waals surface area contributed by atoms with Gasteiger partial charge in [-0.1, -0.05) is 0 Å². The fourth-order valence-electron chi connectivity index (χ4n) is 1.98. The van der Waals surface area contributed by atoms with Gasteiger partial charge in [0.15, 0.2) is 16.7 Å². The summed E-state index contributed by atoms with van der Waals surface area (Å²) in [4.78, 5) is 16.1. The maximum atomic E-state index is 13.8. The average Bonchev–Trinajstić information content (AvgIpc) is 3.24. The number of carbonyl (C=O) groups is 1. The molecular formula is C17H13FN2O3S. The molecule has 5 nitrogen and oxygen atoms in total. The van der Waals surface area contributed by atoms with E-state index in [0.29, 0.717) is 22.1 Å². The van der Waals surface area contributed by atoms with Gasteiger partial charge < -0.3 is 9.15 Å². The molecule has 0 atom stereocenters. The molecule has 2 aromatic heterocycles. The summed E-state index contributed by atoms with van der Waals surface area (Å²) >= 11 is 1.26. The van der Waals surface area contributed by atoms with E-state index in [1.807, 2.05) is 0 Å². The molecule has 1 aromatic carbocycles. The second-order valence-electron chi connectivity index (χ2n) is 4.73. The van der Waals surface area contributed by atoms with E-state index >= 15 is 0 Å². The lowest BCUT2D eigenvalue weighted by Crippen LogP contribution is -2.07. The van der Waals surface area contributed by atoms with Crippen LogP contribution in [0.15, 0.2) is 52.5 Å². The van der Waals surface area contributed by atoms with Crippen molar-refractivity contribution in [2.45, 2.75) is 0 Å². The Bertz CT molecular complexity index is 872. The first-order valence-corrected chi connectivity index (χ1v) is 7.85. The second-order valence-corrected chi connectivity index (χ2v) is 5.58. The zero-order valence-corrected chi connectivity index (χ0v) is 13.5. The highest BCUT2D eigenvalue weighted by molar-refractivity contribution is 7.14. The summed E-state index contributed by atoms with van der Waals surface area (Å²) in [5, 5.41) is 4.82. The van der Waals surface area contributed by atoms with Gasteiger partial charge >= 0.3 is 0 Å². The number of hydrogen-bond donors (Lipinski definition) is 1. The number of hydrogen-bond acceptors (Lipinski definition) is 5. The molecule has 0 aliphatic rings. The molecule has 3 aromatic rings. The van der Waals surface area contributed by atoms with E-state index in [-0.39, 0.29) is 11.7 Å². The number of halogens is 1. The summed E-state index contributed by atoms with van der Waals surface area (Å²) in [6.45, 7) is 0. The lowest BCUT2D eigenvalue weighted by atomic mass is 10.1. The third-order valence-corrected chi connectivity index (χ3v) is 3.88. The molecule has 24 heavy (non-hydrogen) atoms. The van der Waals surface area contributed by atoms with E-state index in [4.69, 9.17) is 9.15 Å². The van der Waals surface area contributed by atoms with Crippen molar-refractivity contribution in [3.8, 4) is 17.0 Å². The van der Waals surface area contributed by atoms with Crippen LogP contribution in [0.5, 0.6) is 5.75 Å². The van der Waals surface area contributed by atoms with Crippen molar-refractivity contribution >= 4 is 28.5 Å². The smallest absolute Gasteiger partial charge is 0.250 e. The van der Waals surface area contributed by atoms with Gasteiger partial charge in [0.1, 0.15) is 5.76 Å². The summed E-state index contributed by atoms with van der Waals surface area (Å²) in [7, 11) is 1.41. The third kappa shape index (κ3) is 3.69. The molecule has 0 bridgehead atoms. The van der Waals surface area contributed by atoms with Crippen molar-refractivity contribution in [3.05, 3.63) is 59.6 Å². The van der Waals surface area contributed by atoms with Crippen LogP contribution in [0, 0.1) is 5.82 Å². The highest BCUT2D eigenvalue weighted by Crippen LogP contribution is 2.28. The number of aromatic nitrogens is 1. The van der Waals surface area contributed by atoms with Gasteiger partial charge in [0.2, 0.25) is 5.91 Å². The van der Waals surface area contributed by atoms with Crippen molar-refractivity contribution in [2.75, 3.05) is 12.4 Å². The van der Waals surface area contributed by atoms with Crippen LogP contribution in [-0.4, -0.2) is 18.0 Å². The number of thiazole rings is 1. The minimum absolute atomic E-state index is 0.172. The summed E-state index contributed by atoms with van der Waals surface area (Å²) < 4.78 is 23.7. The minimum Gasteiger partial charge on any atom is -0.494 e. The molecule has 0 radical (unpaired) electrons. The van der Waals surface area contributed by atoms with Crippen molar-refractivity contribution < 1.29 is 18.3 Å². The number of nitrogens with zero attached hydrogens (tertiary/aromatic N) is 1. The molecule has 122 valence electrons. The van der Waals surface area contributed by atoms with Gasteiger partial charge in [0.25, 0.3) is 0 Å². The maximum Gasteiger partial charge on any atom is 0.250 e. The molecular weight excluding hydrogens is 331 g/mol. The highest BCUT2D eigenvalue weighted by atomic mass is 32.1. The second kappa shape index (κ2) is 7.10. The van der Waals surface area contributed by atoms with Crippen molar-refractivity contribution in [2.24, 2.45) is 0 Å². The number of anilines is 1.